The molecule has 32 heavy (non-hydrogen) atoms. The van der Waals surface area contributed by atoms with Crippen LogP contribution in [0.25, 0.3) is 16.9 Å². The van der Waals surface area contributed by atoms with E-state index in [1.807, 2.05) is 43.5 Å². The molecular formula is C25H29N5O2. The molecule has 6 atom stereocenters. The molecule has 1 saturated carbocycles. The lowest BCUT2D eigenvalue weighted by Gasteiger charge is -2.41. The molecule has 2 saturated heterocycles. The second kappa shape index (κ2) is 6.78. The molecule has 3 fully saturated rings. The summed E-state index contributed by atoms with van der Waals surface area (Å²) < 4.78 is 8.00. The maximum atomic E-state index is 10.6. The van der Waals surface area contributed by atoms with Crippen LogP contribution in [0.3, 0.4) is 0 Å². The average molecular weight is 432 g/mol. The van der Waals surface area contributed by atoms with Gasteiger partial charge in [0.15, 0.2) is 0 Å². The van der Waals surface area contributed by atoms with Crippen molar-refractivity contribution >= 4 is 0 Å². The Morgan fingerprint density at radius 2 is 1.97 bits per heavy atom. The number of phenolic OH excluding ortho intramolecular Hbond substituents is 1. The number of rotatable bonds is 4. The van der Waals surface area contributed by atoms with Gasteiger partial charge < -0.3 is 9.84 Å². The SMILES string of the molecule is Cc1ccn(-c2ccc(-c3ccc(OC4CC5C6C(C)C6(C)C(C4)N5C)nn3)c(O)c2)n1. The summed E-state index contributed by atoms with van der Waals surface area (Å²) in [7, 11) is 2.27. The van der Waals surface area contributed by atoms with E-state index >= 15 is 0 Å². The number of aromatic hydroxyl groups is 1. The van der Waals surface area contributed by atoms with Gasteiger partial charge in [-0.05, 0) is 55.5 Å². The second-order valence-electron chi connectivity index (χ2n) is 10.0. The van der Waals surface area contributed by atoms with Crippen molar-refractivity contribution in [2.45, 2.75) is 51.8 Å². The van der Waals surface area contributed by atoms with Gasteiger partial charge in [-0.1, -0.05) is 13.8 Å². The summed E-state index contributed by atoms with van der Waals surface area (Å²) in [5, 5.41) is 23.6. The first-order valence-corrected chi connectivity index (χ1v) is 11.4. The van der Waals surface area contributed by atoms with Crippen molar-refractivity contribution < 1.29 is 9.84 Å². The first-order valence-electron chi connectivity index (χ1n) is 11.4. The minimum Gasteiger partial charge on any atom is -0.507 e. The lowest BCUT2D eigenvalue weighted by molar-refractivity contribution is 0.0274. The van der Waals surface area contributed by atoms with Gasteiger partial charge in [0.2, 0.25) is 5.88 Å². The monoisotopic (exact) mass is 431 g/mol. The standard InChI is InChI=1S/C25H29N5O2/c1-14-9-10-30(28-14)16-5-6-18(21(31)11-16)19-7-8-23(27-26-19)32-17-12-20-24-15(2)25(24,3)22(13-17)29(20)4/h5-11,15,17,20,22,24,31H,12-13H2,1-4H3. The zero-order chi connectivity index (χ0) is 22.2. The molecule has 1 aromatic carbocycles. The number of piperidine rings is 2. The molecule has 0 amide bonds. The van der Waals surface area contributed by atoms with Crippen molar-refractivity contribution in [2.75, 3.05) is 7.05 Å². The van der Waals surface area contributed by atoms with E-state index in [9.17, 15) is 5.11 Å². The zero-order valence-electron chi connectivity index (χ0n) is 18.9. The van der Waals surface area contributed by atoms with Crippen LogP contribution < -0.4 is 4.74 Å². The van der Waals surface area contributed by atoms with Crippen molar-refractivity contribution in [2.24, 2.45) is 17.3 Å². The summed E-state index contributed by atoms with van der Waals surface area (Å²) in [5.74, 6) is 2.33. The Balaban J connectivity index is 1.16. The fourth-order valence-corrected chi connectivity index (χ4v) is 6.57. The van der Waals surface area contributed by atoms with E-state index in [4.69, 9.17) is 4.74 Å². The summed E-state index contributed by atoms with van der Waals surface area (Å²) in [4.78, 5) is 2.58. The smallest absolute Gasteiger partial charge is 0.233 e. The van der Waals surface area contributed by atoms with E-state index < -0.39 is 0 Å². The van der Waals surface area contributed by atoms with Crippen LogP contribution in [-0.4, -0.2) is 55.2 Å². The van der Waals surface area contributed by atoms with E-state index in [1.54, 1.807) is 10.7 Å². The Bertz CT molecular complexity index is 1180. The molecule has 7 heteroatoms. The largest absolute Gasteiger partial charge is 0.507 e. The quantitative estimate of drug-likeness (QED) is 0.676. The third-order valence-electron chi connectivity index (χ3n) is 8.44. The lowest BCUT2D eigenvalue weighted by atomic mass is 9.89. The van der Waals surface area contributed by atoms with E-state index in [2.05, 4.69) is 41.1 Å². The Morgan fingerprint density at radius 3 is 2.62 bits per heavy atom. The van der Waals surface area contributed by atoms with Crippen molar-refractivity contribution in [1.82, 2.24) is 24.9 Å². The molecule has 0 spiro atoms. The predicted molar refractivity (Wildman–Crippen MR) is 121 cm³/mol. The Labute approximate surface area is 188 Å². The number of benzene rings is 1. The van der Waals surface area contributed by atoms with Gasteiger partial charge in [0.05, 0.1) is 17.1 Å². The van der Waals surface area contributed by atoms with Gasteiger partial charge in [-0.15, -0.1) is 10.2 Å². The third kappa shape index (κ3) is 2.80. The van der Waals surface area contributed by atoms with Gasteiger partial charge >= 0.3 is 0 Å². The Morgan fingerprint density at radius 1 is 1.12 bits per heavy atom. The molecule has 166 valence electrons. The summed E-state index contributed by atoms with van der Waals surface area (Å²) >= 11 is 0. The lowest BCUT2D eigenvalue weighted by Crippen LogP contribution is -2.49. The number of hydrogen-bond acceptors (Lipinski definition) is 6. The van der Waals surface area contributed by atoms with E-state index in [1.165, 1.54) is 0 Å². The number of aryl methyl sites for hydroxylation is 1. The summed E-state index contributed by atoms with van der Waals surface area (Å²) in [6, 6.07) is 12.3. The highest BCUT2D eigenvalue weighted by atomic mass is 16.5. The van der Waals surface area contributed by atoms with E-state index in [0.29, 0.717) is 34.6 Å². The molecule has 4 heterocycles. The third-order valence-corrected chi connectivity index (χ3v) is 8.44. The Kier molecular flexibility index (Phi) is 4.18. The highest BCUT2D eigenvalue weighted by Crippen LogP contribution is 2.71. The fraction of sp³-hybridized carbons (Fsp3) is 0.480. The van der Waals surface area contributed by atoms with Crippen LogP contribution in [0.1, 0.15) is 32.4 Å². The molecular weight excluding hydrogens is 402 g/mol. The van der Waals surface area contributed by atoms with Crippen LogP contribution in [0.4, 0.5) is 0 Å². The first kappa shape index (κ1) is 19.7. The molecule has 0 radical (unpaired) electrons. The van der Waals surface area contributed by atoms with Crippen LogP contribution in [0.5, 0.6) is 11.6 Å². The number of hydrogen-bond donors (Lipinski definition) is 1. The maximum absolute atomic E-state index is 10.6. The molecule has 2 aliphatic heterocycles. The number of aromatic nitrogens is 4. The van der Waals surface area contributed by atoms with Crippen LogP contribution in [0.15, 0.2) is 42.6 Å². The van der Waals surface area contributed by atoms with Gasteiger partial charge in [0.1, 0.15) is 11.9 Å². The maximum Gasteiger partial charge on any atom is 0.233 e. The van der Waals surface area contributed by atoms with E-state index in [-0.39, 0.29) is 11.9 Å². The van der Waals surface area contributed by atoms with E-state index in [0.717, 1.165) is 36.1 Å². The molecule has 3 aliphatic rings. The zero-order valence-corrected chi connectivity index (χ0v) is 18.9. The molecule has 1 aliphatic carbocycles. The van der Waals surface area contributed by atoms with Crippen molar-refractivity contribution in [3.05, 3.63) is 48.3 Å². The first-order chi connectivity index (χ1) is 15.4. The predicted octanol–water partition coefficient (Wildman–Crippen LogP) is 3.84. The normalized spacial score (nSPS) is 33.2. The number of nitrogens with zero attached hydrogens (tertiary/aromatic N) is 5. The Hall–Kier alpha value is -2.93. The molecule has 3 aromatic rings. The number of ether oxygens (including phenoxy) is 1. The molecule has 6 rings (SSSR count). The molecule has 2 bridgehead atoms. The highest BCUT2D eigenvalue weighted by Gasteiger charge is 2.73. The molecule has 2 aromatic heterocycles. The highest BCUT2D eigenvalue weighted by molar-refractivity contribution is 5.68. The summed E-state index contributed by atoms with van der Waals surface area (Å²) in [6.07, 6.45) is 4.15. The number of fused-ring (bicyclic) bond motifs is 5. The fourth-order valence-electron chi connectivity index (χ4n) is 6.57. The summed E-state index contributed by atoms with van der Waals surface area (Å²) in [5.41, 5.74) is 3.42. The average Bonchev–Trinajstić information content (AvgIpc) is 3.03. The number of phenols is 1. The van der Waals surface area contributed by atoms with Gasteiger partial charge in [0.25, 0.3) is 0 Å². The van der Waals surface area contributed by atoms with Crippen LogP contribution in [0, 0.1) is 24.2 Å². The van der Waals surface area contributed by atoms with Gasteiger partial charge in [-0.3, -0.25) is 4.90 Å². The minimum absolute atomic E-state index is 0.145. The van der Waals surface area contributed by atoms with Crippen LogP contribution in [0.2, 0.25) is 0 Å². The van der Waals surface area contributed by atoms with Crippen LogP contribution in [-0.2, 0) is 0 Å². The van der Waals surface area contributed by atoms with Gasteiger partial charge in [-0.25, -0.2) is 4.68 Å². The van der Waals surface area contributed by atoms with Crippen molar-refractivity contribution in [3.63, 3.8) is 0 Å². The second-order valence-corrected chi connectivity index (χ2v) is 10.0. The topological polar surface area (TPSA) is 76.3 Å². The van der Waals surface area contributed by atoms with Crippen molar-refractivity contribution in [1.29, 1.82) is 0 Å². The van der Waals surface area contributed by atoms with Gasteiger partial charge in [0, 0.05) is 48.8 Å². The van der Waals surface area contributed by atoms with Crippen molar-refractivity contribution in [3.8, 4) is 28.6 Å². The molecule has 1 N–H and O–H groups in total. The summed E-state index contributed by atoms with van der Waals surface area (Å²) in [6.45, 7) is 6.79. The minimum atomic E-state index is 0.145. The molecule has 6 unspecified atom stereocenters. The van der Waals surface area contributed by atoms with Crippen LogP contribution >= 0.6 is 0 Å². The molecule has 7 nitrogen and oxygen atoms in total. The van der Waals surface area contributed by atoms with Gasteiger partial charge in [-0.2, -0.15) is 5.10 Å².